The van der Waals surface area contributed by atoms with Gasteiger partial charge < -0.3 is 19.3 Å². The van der Waals surface area contributed by atoms with Crippen molar-refractivity contribution >= 4 is 0 Å². The molecule has 96 valence electrons. The number of hydrogen-bond acceptors (Lipinski definition) is 6. The van der Waals surface area contributed by atoms with E-state index < -0.39 is 0 Å². The SMILES string of the molecule is COc1ccc(-c2nc(CN(C)C)no2)c(O)c1. The van der Waals surface area contributed by atoms with Crippen LogP contribution in [0.2, 0.25) is 0 Å². The molecule has 0 amide bonds. The van der Waals surface area contributed by atoms with E-state index in [2.05, 4.69) is 10.1 Å². The lowest BCUT2D eigenvalue weighted by Gasteiger charge is -2.04. The molecule has 2 aromatic rings. The summed E-state index contributed by atoms with van der Waals surface area (Å²) in [6.07, 6.45) is 0. The maximum atomic E-state index is 9.85. The fourth-order valence-electron chi connectivity index (χ4n) is 1.53. The summed E-state index contributed by atoms with van der Waals surface area (Å²) in [7, 11) is 5.37. The van der Waals surface area contributed by atoms with Gasteiger partial charge in [0.15, 0.2) is 5.82 Å². The third kappa shape index (κ3) is 2.60. The van der Waals surface area contributed by atoms with Crippen LogP contribution in [0.5, 0.6) is 11.5 Å². The third-order valence-electron chi connectivity index (χ3n) is 2.36. The average molecular weight is 249 g/mol. The van der Waals surface area contributed by atoms with Gasteiger partial charge in [-0.3, -0.25) is 0 Å². The number of methoxy groups -OCH3 is 1. The molecule has 0 radical (unpaired) electrons. The number of hydrogen-bond donors (Lipinski definition) is 1. The zero-order chi connectivity index (χ0) is 13.1. The molecule has 0 bridgehead atoms. The standard InChI is InChI=1S/C12H15N3O3/c1-15(2)7-11-13-12(18-14-11)9-5-4-8(17-3)6-10(9)16/h4-6,16H,7H2,1-3H3. The van der Waals surface area contributed by atoms with E-state index in [9.17, 15) is 5.11 Å². The molecule has 0 spiro atoms. The first-order chi connectivity index (χ1) is 8.60. The Morgan fingerprint density at radius 2 is 2.17 bits per heavy atom. The minimum atomic E-state index is 0.0504. The van der Waals surface area contributed by atoms with Gasteiger partial charge in [0, 0.05) is 6.07 Å². The lowest BCUT2D eigenvalue weighted by Crippen LogP contribution is -2.11. The second-order valence-corrected chi connectivity index (χ2v) is 4.14. The summed E-state index contributed by atoms with van der Waals surface area (Å²) in [4.78, 5) is 6.15. The summed E-state index contributed by atoms with van der Waals surface area (Å²) in [5, 5.41) is 13.7. The van der Waals surface area contributed by atoms with Crippen molar-refractivity contribution in [2.75, 3.05) is 21.2 Å². The van der Waals surface area contributed by atoms with Gasteiger partial charge in [0.1, 0.15) is 11.5 Å². The Kier molecular flexibility index (Phi) is 3.47. The van der Waals surface area contributed by atoms with Crippen molar-refractivity contribution < 1.29 is 14.4 Å². The van der Waals surface area contributed by atoms with E-state index >= 15 is 0 Å². The van der Waals surface area contributed by atoms with Crippen LogP contribution in [0.15, 0.2) is 22.7 Å². The highest BCUT2D eigenvalue weighted by molar-refractivity contribution is 5.63. The van der Waals surface area contributed by atoms with Gasteiger partial charge in [-0.2, -0.15) is 4.98 Å². The van der Waals surface area contributed by atoms with Crippen molar-refractivity contribution in [2.45, 2.75) is 6.54 Å². The molecule has 1 heterocycles. The zero-order valence-corrected chi connectivity index (χ0v) is 10.5. The third-order valence-corrected chi connectivity index (χ3v) is 2.36. The van der Waals surface area contributed by atoms with Crippen molar-refractivity contribution in [3.05, 3.63) is 24.0 Å². The van der Waals surface area contributed by atoms with Gasteiger partial charge >= 0.3 is 0 Å². The molecule has 1 aromatic heterocycles. The van der Waals surface area contributed by atoms with E-state index in [0.29, 0.717) is 29.6 Å². The van der Waals surface area contributed by atoms with Crippen LogP contribution in [-0.4, -0.2) is 41.4 Å². The van der Waals surface area contributed by atoms with Gasteiger partial charge in [0.2, 0.25) is 0 Å². The Morgan fingerprint density at radius 1 is 1.39 bits per heavy atom. The van der Waals surface area contributed by atoms with Crippen LogP contribution in [0.1, 0.15) is 5.82 Å². The molecule has 0 saturated carbocycles. The van der Waals surface area contributed by atoms with Gasteiger partial charge in [0.25, 0.3) is 5.89 Å². The Hall–Kier alpha value is -2.08. The highest BCUT2D eigenvalue weighted by Gasteiger charge is 2.13. The van der Waals surface area contributed by atoms with Crippen molar-refractivity contribution in [2.24, 2.45) is 0 Å². The molecule has 0 unspecified atom stereocenters. The predicted octanol–water partition coefficient (Wildman–Crippen LogP) is 1.51. The molecule has 0 aliphatic carbocycles. The molecule has 1 aromatic carbocycles. The van der Waals surface area contributed by atoms with E-state index in [4.69, 9.17) is 9.26 Å². The van der Waals surface area contributed by atoms with Crippen molar-refractivity contribution in [1.82, 2.24) is 15.0 Å². The number of phenols is 1. The van der Waals surface area contributed by atoms with Gasteiger partial charge in [-0.25, -0.2) is 0 Å². The summed E-state index contributed by atoms with van der Waals surface area (Å²) < 4.78 is 10.1. The van der Waals surface area contributed by atoms with Crippen LogP contribution in [0.4, 0.5) is 0 Å². The minimum Gasteiger partial charge on any atom is -0.507 e. The molecule has 2 rings (SSSR count). The molecular weight excluding hydrogens is 234 g/mol. The number of aromatic hydroxyl groups is 1. The Morgan fingerprint density at radius 3 is 2.78 bits per heavy atom. The number of rotatable bonds is 4. The average Bonchev–Trinajstić information content (AvgIpc) is 2.76. The number of ether oxygens (including phenoxy) is 1. The predicted molar refractivity (Wildman–Crippen MR) is 65.3 cm³/mol. The highest BCUT2D eigenvalue weighted by atomic mass is 16.5. The van der Waals surface area contributed by atoms with Crippen LogP contribution in [0, 0.1) is 0 Å². The Bertz CT molecular complexity index is 537. The van der Waals surface area contributed by atoms with Gasteiger partial charge in [0.05, 0.1) is 19.2 Å². The molecule has 6 nitrogen and oxygen atoms in total. The van der Waals surface area contributed by atoms with Crippen molar-refractivity contribution in [1.29, 1.82) is 0 Å². The molecule has 18 heavy (non-hydrogen) atoms. The molecule has 0 fully saturated rings. The first-order valence-electron chi connectivity index (χ1n) is 5.45. The van der Waals surface area contributed by atoms with Gasteiger partial charge in [-0.15, -0.1) is 0 Å². The summed E-state index contributed by atoms with van der Waals surface area (Å²) >= 11 is 0. The molecule has 0 aliphatic rings. The molecule has 0 atom stereocenters. The zero-order valence-electron chi connectivity index (χ0n) is 10.5. The fraction of sp³-hybridized carbons (Fsp3) is 0.333. The van der Waals surface area contributed by atoms with E-state index in [1.54, 1.807) is 12.1 Å². The van der Waals surface area contributed by atoms with E-state index in [-0.39, 0.29) is 5.75 Å². The second-order valence-electron chi connectivity index (χ2n) is 4.14. The summed E-state index contributed by atoms with van der Waals surface area (Å²) in [5.74, 6) is 1.50. The summed E-state index contributed by atoms with van der Waals surface area (Å²) in [5.41, 5.74) is 0.494. The van der Waals surface area contributed by atoms with Crippen LogP contribution in [0.25, 0.3) is 11.5 Å². The number of aromatic nitrogens is 2. The summed E-state index contributed by atoms with van der Waals surface area (Å²) in [6.45, 7) is 0.584. The Labute approximate surface area is 105 Å². The minimum absolute atomic E-state index is 0.0504. The molecule has 1 N–H and O–H groups in total. The van der Waals surface area contributed by atoms with Crippen LogP contribution in [0.3, 0.4) is 0 Å². The lowest BCUT2D eigenvalue weighted by molar-refractivity contribution is 0.365. The van der Waals surface area contributed by atoms with E-state index in [1.807, 2.05) is 19.0 Å². The maximum absolute atomic E-state index is 9.85. The van der Waals surface area contributed by atoms with E-state index in [1.165, 1.54) is 13.2 Å². The molecule has 0 aliphatic heterocycles. The molecular formula is C12H15N3O3. The normalized spacial score (nSPS) is 10.9. The van der Waals surface area contributed by atoms with Crippen molar-refractivity contribution in [3.8, 4) is 23.0 Å². The van der Waals surface area contributed by atoms with Crippen LogP contribution in [-0.2, 0) is 6.54 Å². The first-order valence-corrected chi connectivity index (χ1v) is 5.45. The second kappa shape index (κ2) is 5.05. The smallest absolute Gasteiger partial charge is 0.261 e. The number of benzene rings is 1. The van der Waals surface area contributed by atoms with Gasteiger partial charge in [-0.1, -0.05) is 5.16 Å². The Balaban J connectivity index is 2.28. The topological polar surface area (TPSA) is 71.6 Å². The highest BCUT2D eigenvalue weighted by Crippen LogP contribution is 2.31. The first kappa shape index (κ1) is 12.4. The van der Waals surface area contributed by atoms with Gasteiger partial charge in [-0.05, 0) is 26.2 Å². The number of phenolic OH excluding ortho intramolecular Hbond substituents is 1. The largest absolute Gasteiger partial charge is 0.507 e. The van der Waals surface area contributed by atoms with Crippen molar-refractivity contribution in [3.63, 3.8) is 0 Å². The fourth-order valence-corrected chi connectivity index (χ4v) is 1.53. The quantitative estimate of drug-likeness (QED) is 0.885. The van der Waals surface area contributed by atoms with Crippen LogP contribution < -0.4 is 4.74 Å². The monoisotopic (exact) mass is 249 g/mol. The lowest BCUT2D eigenvalue weighted by atomic mass is 10.2. The molecule has 6 heteroatoms. The summed E-state index contributed by atoms with van der Waals surface area (Å²) in [6, 6.07) is 4.91. The van der Waals surface area contributed by atoms with E-state index in [0.717, 1.165) is 0 Å². The maximum Gasteiger partial charge on any atom is 0.261 e. The molecule has 0 saturated heterocycles. The van der Waals surface area contributed by atoms with Crippen LogP contribution >= 0.6 is 0 Å². The number of nitrogens with zero attached hydrogens (tertiary/aromatic N) is 3.